The summed E-state index contributed by atoms with van der Waals surface area (Å²) in [6.45, 7) is 2.96. The highest BCUT2D eigenvalue weighted by Gasteiger charge is 2.20. The Kier molecular flexibility index (Phi) is 7.55. The molecule has 1 fully saturated rings. The number of anilines is 2. The van der Waals surface area contributed by atoms with Crippen molar-refractivity contribution in [3.05, 3.63) is 84.2 Å². The number of carbonyl (C=O) groups is 1. The predicted molar refractivity (Wildman–Crippen MR) is 134 cm³/mol. The van der Waals surface area contributed by atoms with Crippen LogP contribution < -0.4 is 14.4 Å². The summed E-state index contributed by atoms with van der Waals surface area (Å²) >= 11 is 0. The van der Waals surface area contributed by atoms with Crippen LogP contribution in [-0.2, 0) is 21.2 Å². The maximum Gasteiger partial charge on any atom is 0.261 e. The first kappa shape index (κ1) is 24.5. The number of hydrogen-bond acceptors (Lipinski definition) is 5. The first-order chi connectivity index (χ1) is 16.8. The van der Waals surface area contributed by atoms with E-state index in [2.05, 4.69) is 9.62 Å². The van der Waals surface area contributed by atoms with Crippen molar-refractivity contribution in [1.29, 1.82) is 0 Å². The Bertz CT molecular complexity index is 1250. The Morgan fingerprint density at radius 2 is 1.60 bits per heavy atom. The molecule has 0 bridgehead atoms. The van der Waals surface area contributed by atoms with Gasteiger partial charge in [-0.25, -0.2) is 12.8 Å². The summed E-state index contributed by atoms with van der Waals surface area (Å²) in [4.78, 5) is 17.1. The largest absolute Gasteiger partial charge is 0.497 e. The van der Waals surface area contributed by atoms with Crippen molar-refractivity contribution in [1.82, 2.24) is 4.90 Å². The molecule has 184 valence electrons. The number of nitrogens with zero attached hydrogens (tertiary/aromatic N) is 2. The maximum atomic E-state index is 13.1. The zero-order valence-electron chi connectivity index (χ0n) is 19.5. The molecule has 1 N–H and O–H groups in total. The molecule has 9 heteroatoms. The van der Waals surface area contributed by atoms with Crippen LogP contribution in [0, 0.1) is 5.82 Å². The van der Waals surface area contributed by atoms with E-state index in [-0.39, 0.29) is 17.2 Å². The van der Waals surface area contributed by atoms with E-state index < -0.39 is 15.8 Å². The van der Waals surface area contributed by atoms with Gasteiger partial charge in [0.1, 0.15) is 11.6 Å². The predicted octanol–water partition coefficient (Wildman–Crippen LogP) is 3.92. The van der Waals surface area contributed by atoms with Gasteiger partial charge in [-0.15, -0.1) is 0 Å². The van der Waals surface area contributed by atoms with E-state index in [1.165, 1.54) is 12.1 Å². The molecule has 1 heterocycles. The Hall–Kier alpha value is -3.59. The standard InChI is InChI=1S/C26H28FN3O4S/c1-34-24-11-9-23(10-12-24)29-15-2-16-30(18-17-29)26(31)19-20-3-7-22(8-4-20)28-35(32,33)25-13-5-21(27)6-14-25/h3-14,28H,2,15-19H2,1H3. The van der Waals surface area contributed by atoms with Gasteiger partial charge in [-0.1, -0.05) is 12.1 Å². The van der Waals surface area contributed by atoms with Crippen LogP contribution in [0.15, 0.2) is 77.7 Å². The maximum absolute atomic E-state index is 13.1. The zero-order chi connectivity index (χ0) is 24.8. The van der Waals surface area contributed by atoms with Crippen molar-refractivity contribution in [2.75, 3.05) is 42.9 Å². The van der Waals surface area contributed by atoms with Crippen LogP contribution in [0.1, 0.15) is 12.0 Å². The SMILES string of the molecule is COc1ccc(N2CCCN(C(=O)Cc3ccc(NS(=O)(=O)c4ccc(F)cc4)cc3)CC2)cc1. The van der Waals surface area contributed by atoms with Crippen molar-refractivity contribution < 1.29 is 22.3 Å². The van der Waals surface area contributed by atoms with E-state index >= 15 is 0 Å². The number of ether oxygens (including phenoxy) is 1. The van der Waals surface area contributed by atoms with Gasteiger partial charge in [0.2, 0.25) is 5.91 Å². The number of rotatable bonds is 7. The molecule has 1 saturated heterocycles. The minimum atomic E-state index is -3.82. The van der Waals surface area contributed by atoms with E-state index in [0.717, 1.165) is 48.6 Å². The Balaban J connectivity index is 1.32. The van der Waals surface area contributed by atoms with Gasteiger partial charge in [-0.3, -0.25) is 9.52 Å². The minimum Gasteiger partial charge on any atom is -0.497 e. The average molecular weight is 498 g/mol. The summed E-state index contributed by atoms with van der Waals surface area (Å²) in [5.41, 5.74) is 2.28. The van der Waals surface area contributed by atoms with E-state index in [1.54, 1.807) is 31.4 Å². The minimum absolute atomic E-state index is 0.0250. The van der Waals surface area contributed by atoms with E-state index in [0.29, 0.717) is 18.8 Å². The first-order valence-corrected chi connectivity index (χ1v) is 12.9. The van der Waals surface area contributed by atoms with Gasteiger partial charge < -0.3 is 14.5 Å². The molecule has 1 aliphatic rings. The lowest BCUT2D eigenvalue weighted by molar-refractivity contribution is -0.130. The third-order valence-electron chi connectivity index (χ3n) is 5.97. The zero-order valence-corrected chi connectivity index (χ0v) is 20.3. The molecule has 3 aromatic carbocycles. The van der Waals surface area contributed by atoms with Crippen LogP contribution >= 0.6 is 0 Å². The van der Waals surface area contributed by atoms with Crippen LogP contribution in [0.25, 0.3) is 0 Å². The lowest BCUT2D eigenvalue weighted by Gasteiger charge is -2.24. The number of halogens is 1. The lowest BCUT2D eigenvalue weighted by atomic mass is 10.1. The average Bonchev–Trinajstić information content (AvgIpc) is 3.12. The number of methoxy groups -OCH3 is 1. The molecule has 0 saturated carbocycles. The number of amides is 1. The lowest BCUT2D eigenvalue weighted by Crippen LogP contribution is -2.36. The molecule has 0 unspecified atom stereocenters. The fourth-order valence-electron chi connectivity index (χ4n) is 4.02. The quantitative estimate of drug-likeness (QED) is 0.535. The monoisotopic (exact) mass is 497 g/mol. The van der Waals surface area contributed by atoms with Crippen molar-refractivity contribution in [2.24, 2.45) is 0 Å². The summed E-state index contributed by atoms with van der Waals surface area (Å²) in [5, 5.41) is 0. The van der Waals surface area contributed by atoms with Crippen LogP contribution in [-0.4, -0.2) is 52.5 Å². The van der Waals surface area contributed by atoms with E-state index in [9.17, 15) is 17.6 Å². The number of sulfonamides is 1. The van der Waals surface area contributed by atoms with Crippen molar-refractivity contribution in [2.45, 2.75) is 17.7 Å². The summed E-state index contributed by atoms with van der Waals surface area (Å²) in [7, 11) is -2.18. The summed E-state index contributed by atoms with van der Waals surface area (Å²) < 4.78 is 45.7. The molecule has 0 spiro atoms. The van der Waals surface area contributed by atoms with Gasteiger partial charge in [0, 0.05) is 37.6 Å². The highest BCUT2D eigenvalue weighted by atomic mass is 32.2. The fourth-order valence-corrected chi connectivity index (χ4v) is 5.08. The van der Waals surface area contributed by atoms with Gasteiger partial charge in [0.25, 0.3) is 10.0 Å². The van der Waals surface area contributed by atoms with Crippen molar-refractivity contribution in [3.8, 4) is 5.75 Å². The molecular weight excluding hydrogens is 469 g/mol. The Labute approximate surface area is 205 Å². The van der Waals surface area contributed by atoms with Gasteiger partial charge in [0.15, 0.2) is 0 Å². The van der Waals surface area contributed by atoms with Crippen LogP contribution in [0.3, 0.4) is 0 Å². The van der Waals surface area contributed by atoms with Gasteiger partial charge in [-0.05, 0) is 72.6 Å². The molecule has 1 amide bonds. The molecule has 7 nitrogen and oxygen atoms in total. The highest BCUT2D eigenvalue weighted by Crippen LogP contribution is 2.21. The Morgan fingerprint density at radius 1 is 0.914 bits per heavy atom. The molecular formula is C26H28FN3O4S. The molecule has 0 aliphatic carbocycles. The molecule has 0 atom stereocenters. The normalized spacial score (nSPS) is 14.3. The molecule has 4 rings (SSSR count). The van der Waals surface area contributed by atoms with Crippen molar-refractivity contribution in [3.63, 3.8) is 0 Å². The Morgan fingerprint density at radius 3 is 2.26 bits per heavy atom. The van der Waals surface area contributed by atoms with Crippen LogP contribution in [0.5, 0.6) is 5.75 Å². The molecule has 1 aliphatic heterocycles. The first-order valence-electron chi connectivity index (χ1n) is 11.4. The number of carbonyl (C=O) groups excluding carboxylic acids is 1. The van der Waals surface area contributed by atoms with E-state index in [4.69, 9.17) is 4.74 Å². The fraction of sp³-hybridized carbons (Fsp3) is 0.269. The summed E-state index contributed by atoms with van der Waals surface area (Å²) in [6.07, 6.45) is 1.12. The van der Waals surface area contributed by atoms with Crippen LogP contribution in [0.2, 0.25) is 0 Å². The second-order valence-corrected chi connectivity index (χ2v) is 10.0. The number of hydrogen-bond donors (Lipinski definition) is 1. The summed E-state index contributed by atoms with van der Waals surface area (Å²) in [5.74, 6) is 0.353. The second-order valence-electron chi connectivity index (χ2n) is 8.35. The van der Waals surface area contributed by atoms with Gasteiger partial charge >= 0.3 is 0 Å². The highest BCUT2D eigenvalue weighted by molar-refractivity contribution is 7.92. The van der Waals surface area contributed by atoms with Gasteiger partial charge in [0.05, 0.1) is 18.4 Å². The molecule has 35 heavy (non-hydrogen) atoms. The molecule has 3 aromatic rings. The molecule has 0 aromatic heterocycles. The number of nitrogens with one attached hydrogen (secondary N) is 1. The van der Waals surface area contributed by atoms with Crippen molar-refractivity contribution >= 4 is 27.3 Å². The van der Waals surface area contributed by atoms with E-state index in [1.807, 2.05) is 29.2 Å². The number of benzene rings is 3. The second kappa shape index (κ2) is 10.8. The third-order valence-corrected chi connectivity index (χ3v) is 7.37. The molecule has 0 radical (unpaired) electrons. The smallest absolute Gasteiger partial charge is 0.261 e. The topological polar surface area (TPSA) is 79.0 Å². The summed E-state index contributed by atoms with van der Waals surface area (Å²) in [6, 6.07) is 19.3. The van der Waals surface area contributed by atoms with Gasteiger partial charge in [-0.2, -0.15) is 0 Å². The van der Waals surface area contributed by atoms with Crippen LogP contribution in [0.4, 0.5) is 15.8 Å². The third kappa shape index (κ3) is 6.30.